The van der Waals surface area contributed by atoms with Crippen molar-refractivity contribution < 1.29 is 0 Å². The van der Waals surface area contributed by atoms with E-state index in [-0.39, 0.29) is 0 Å². The topological polar surface area (TPSA) is 61.7 Å². The second-order valence-corrected chi connectivity index (χ2v) is 5.31. The number of nitrogens with one attached hydrogen (secondary N) is 2. The standard InChI is InChI=1S/C18H22N4.2C2H6/c1-5-15-16(12(2)3)22-17(13(4)19)18(21-15)20-11-14-9-7-6-8-10-14;2*1-2/h6-10,19H,2,5,11H2,1,3-4H3,(H,20,21);2*1-2H3. The zero-order valence-corrected chi connectivity index (χ0v) is 17.4. The number of benzene rings is 1. The Balaban J connectivity index is 0.00000146. The van der Waals surface area contributed by atoms with Crippen molar-refractivity contribution in [1.29, 1.82) is 5.41 Å². The van der Waals surface area contributed by atoms with Gasteiger partial charge in [0.25, 0.3) is 0 Å². The highest BCUT2D eigenvalue weighted by molar-refractivity contribution is 5.99. The van der Waals surface area contributed by atoms with Crippen molar-refractivity contribution in [2.24, 2.45) is 0 Å². The molecule has 4 nitrogen and oxygen atoms in total. The first-order chi connectivity index (χ1) is 12.5. The lowest BCUT2D eigenvalue weighted by atomic mass is 10.1. The minimum absolute atomic E-state index is 0.396. The van der Waals surface area contributed by atoms with Crippen LogP contribution in [0.2, 0.25) is 0 Å². The number of hydrogen-bond acceptors (Lipinski definition) is 4. The van der Waals surface area contributed by atoms with Crippen molar-refractivity contribution >= 4 is 17.1 Å². The molecule has 2 aromatic rings. The molecule has 0 bridgehead atoms. The molecule has 0 aliphatic carbocycles. The smallest absolute Gasteiger partial charge is 0.154 e. The molecule has 0 spiro atoms. The first-order valence-corrected chi connectivity index (χ1v) is 9.43. The fourth-order valence-electron chi connectivity index (χ4n) is 2.22. The highest BCUT2D eigenvalue weighted by atomic mass is 15.0. The number of aryl methyl sites for hydroxylation is 1. The van der Waals surface area contributed by atoms with Crippen LogP contribution in [0.15, 0.2) is 36.9 Å². The Morgan fingerprint density at radius 1 is 1.00 bits per heavy atom. The lowest BCUT2D eigenvalue weighted by molar-refractivity contribution is 0.962. The molecule has 2 rings (SSSR count). The Morgan fingerprint density at radius 2 is 1.58 bits per heavy atom. The fraction of sp³-hybridized carbons (Fsp3) is 0.409. The highest BCUT2D eigenvalue weighted by Crippen LogP contribution is 2.20. The molecule has 0 fully saturated rings. The third kappa shape index (κ3) is 6.79. The van der Waals surface area contributed by atoms with Crippen molar-refractivity contribution in [2.45, 2.75) is 61.4 Å². The van der Waals surface area contributed by atoms with Crippen LogP contribution in [-0.4, -0.2) is 15.7 Å². The molecule has 0 amide bonds. The molecule has 0 atom stereocenters. The van der Waals surface area contributed by atoms with Crippen molar-refractivity contribution in [3.8, 4) is 0 Å². The van der Waals surface area contributed by atoms with Crippen LogP contribution in [0.1, 0.15) is 71.1 Å². The van der Waals surface area contributed by atoms with Gasteiger partial charge in [0.05, 0.1) is 17.1 Å². The van der Waals surface area contributed by atoms with E-state index < -0.39 is 0 Å². The average molecular weight is 355 g/mol. The van der Waals surface area contributed by atoms with Crippen LogP contribution in [0.25, 0.3) is 5.57 Å². The first kappa shape index (κ1) is 23.5. The van der Waals surface area contributed by atoms with Gasteiger partial charge in [-0.05, 0) is 31.4 Å². The summed E-state index contributed by atoms with van der Waals surface area (Å²) in [5, 5.41) is 11.3. The third-order valence-electron chi connectivity index (χ3n) is 3.37. The molecule has 1 aromatic heterocycles. The van der Waals surface area contributed by atoms with E-state index in [0.717, 1.165) is 23.4 Å². The van der Waals surface area contributed by atoms with Crippen LogP contribution in [0.5, 0.6) is 0 Å². The maximum absolute atomic E-state index is 7.95. The van der Waals surface area contributed by atoms with Gasteiger partial charge in [0.15, 0.2) is 5.82 Å². The average Bonchev–Trinajstić information content (AvgIpc) is 2.69. The number of rotatable bonds is 6. The lowest BCUT2D eigenvalue weighted by Gasteiger charge is -2.14. The van der Waals surface area contributed by atoms with Gasteiger partial charge in [0, 0.05) is 6.54 Å². The van der Waals surface area contributed by atoms with E-state index in [0.29, 0.717) is 23.8 Å². The number of allylic oxidation sites excluding steroid dienone is 1. The van der Waals surface area contributed by atoms with Gasteiger partial charge in [-0.3, -0.25) is 0 Å². The largest absolute Gasteiger partial charge is 0.364 e. The molecule has 4 heteroatoms. The predicted molar refractivity (Wildman–Crippen MR) is 115 cm³/mol. The van der Waals surface area contributed by atoms with Gasteiger partial charge in [-0.25, -0.2) is 9.97 Å². The summed E-state index contributed by atoms with van der Waals surface area (Å²) in [4.78, 5) is 9.28. The molecule has 1 heterocycles. The fourth-order valence-corrected chi connectivity index (χ4v) is 2.22. The molecule has 0 aliphatic rings. The second kappa shape index (κ2) is 12.8. The summed E-state index contributed by atoms with van der Waals surface area (Å²) in [7, 11) is 0. The summed E-state index contributed by atoms with van der Waals surface area (Å²) in [5.41, 5.74) is 4.74. The summed E-state index contributed by atoms with van der Waals surface area (Å²) >= 11 is 0. The van der Waals surface area contributed by atoms with Crippen molar-refractivity contribution in [2.75, 3.05) is 5.32 Å². The van der Waals surface area contributed by atoms with E-state index in [4.69, 9.17) is 5.41 Å². The van der Waals surface area contributed by atoms with Gasteiger partial charge in [-0.1, -0.05) is 71.5 Å². The number of aromatic nitrogens is 2. The summed E-state index contributed by atoms with van der Waals surface area (Å²) in [6, 6.07) is 10.1. The summed E-state index contributed by atoms with van der Waals surface area (Å²) in [6.45, 7) is 18.3. The van der Waals surface area contributed by atoms with E-state index >= 15 is 0 Å². The molecule has 1 aromatic carbocycles. The Labute approximate surface area is 159 Å². The molecular weight excluding hydrogens is 320 g/mol. The second-order valence-electron chi connectivity index (χ2n) is 5.31. The van der Waals surface area contributed by atoms with Crippen LogP contribution in [-0.2, 0) is 13.0 Å². The predicted octanol–water partition coefficient (Wildman–Crippen LogP) is 6.12. The van der Waals surface area contributed by atoms with E-state index in [1.165, 1.54) is 5.56 Å². The molecule has 142 valence electrons. The molecule has 0 unspecified atom stereocenters. The van der Waals surface area contributed by atoms with Crippen molar-refractivity contribution in [1.82, 2.24) is 9.97 Å². The van der Waals surface area contributed by atoms with Crippen LogP contribution < -0.4 is 5.32 Å². The summed E-state index contributed by atoms with van der Waals surface area (Å²) in [6.07, 6.45) is 0.784. The van der Waals surface area contributed by atoms with Crippen LogP contribution >= 0.6 is 0 Å². The Kier molecular flexibility index (Phi) is 11.6. The number of nitrogens with zero attached hydrogens (tertiary/aromatic N) is 2. The van der Waals surface area contributed by atoms with Crippen LogP contribution in [0.4, 0.5) is 5.82 Å². The minimum Gasteiger partial charge on any atom is -0.364 e. The third-order valence-corrected chi connectivity index (χ3v) is 3.37. The zero-order chi connectivity index (χ0) is 20.1. The number of anilines is 1. The minimum atomic E-state index is 0.396. The Hall–Kier alpha value is -2.49. The van der Waals surface area contributed by atoms with E-state index in [9.17, 15) is 0 Å². The van der Waals surface area contributed by atoms with Gasteiger partial charge >= 0.3 is 0 Å². The van der Waals surface area contributed by atoms with Gasteiger partial charge in [-0.2, -0.15) is 0 Å². The maximum atomic E-state index is 7.95. The quantitative estimate of drug-likeness (QED) is 0.614. The molecule has 0 aliphatic heterocycles. The normalized spacial score (nSPS) is 9.19. The molecule has 0 saturated carbocycles. The van der Waals surface area contributed by atoms with Gasteiger partial charge in [0.1, 0.15) is 5.69 Å². The van der Waals surface area contributed by atoms with Crippen molar-refractivity contribution in [3.05, 3.63) is 59.6 Å². The van der Waals surface area contributed by atoms with E-state index in [1.54, 1.807) is 6.92 Å². The van der Waals surface area contributed by atoms with E-state index in [2.05, 4.69) is 34.0 Å². The summed E-state index contributed by atoms with van der Waals surface area (Å²) in [5.74, 6) is 0.665. The molecule has 26 heavy (non-hydrogen) atoms. The van der Waals surface area contributed by atoms with Gasteiger partial charge in [-0.15, -0.1) is 0 Å². The Bertz CT molecular complexity index is 691. The first-order valence-electron chi connectivity index (χ1n) is 9.43. The summed E-state index contributed by atoms with van der Waals surface area (Å²) < 4.78 is 0. The zero-order valence-electron chi connectivity index (χ0n) is 17.4. The molecule has 0 radical (unpaired) electrons. The Morgan fingerprint density at radius 3 is 2.04 bits per heavy atom. The van der Waals surface area contributed by atoms with E-state index in [1.807, 2.05) is 59.7 Å². The lowest BCUT2D eigenvalue weighted by Crippen LogP contribution is -2.13. The number of hydrogen-bond donors (Lipinski definition) is 2. The monoisotopic (exact) mass is 354 g/mol. The maximum Gasteiger partial charge on any atom is 0.154 e. The van der Waals surface area contributed by atoms with Crippen LogP contribution in [0.3, 0.4) is 0 Å². The SMILES string of the molecule is C=C(C)c1nc(C(C)=N)c(NCc2ccccc2)nc1CC.CC.CC. The highest BCUT2D eigenvalue weighted by Gasteiger charge is 2.14. The van der Waals surface area contributed by atoms with Crippen molar-refractivity contribution in [3.63, 3.8) is 0 Å². The van der Waals surface area contributed by atoms with Gasteiger partial charge < -0.3 is 10.7 Å². The van der Waals surface area contributed by atoms with Crippen LogP contribution in [0, 0.1) is 5.41 Å². The molecular formula is C22H34N4. The van der Waals surface area contributed by atoms with Gasteiger partial charge in [0.2, 0.25) is 0 Å². The molecule has 0 saturated heterocycles. The molecule has 2 N–H and O–H groups in total.